The van der Waals surface area contributed by atoms with Crippen LogP contribution in [0.2, 0.25) is 0 Å². The first kappa shape index (κ1) is 25.7. The van der Waals surface area contributed by atoms with E-state index in [0.717, 1.165) is 30.8 Å². The minimum absolute atomic E-state index is 0.149. The monoisotopic (exact) mass is 446 g/mol. The second kappa shape index (κ2) is 10.5. The summed E-state index contributed by atoms with van der Waals surface area (Å²) in [5.41, 5.74) is 3.00. The number of rotatable bonds is 7. The van der Waals surface area contributed by atoms with E-state index in [2.05, 4.69) is 26.0 Å². The molecule has 4 N–H and O–H groups in total. The third-order valence-corrected chi connectivity index (χ3v) is 8.71. The highest BCUT2D eigenvalue weighted by atomic mass is 16.3. The van der Waals surface area contributed by atoms with Crippen molar-refractivity contribution in [1.29, 1.82) is 0 Å². The lowest BCUT2D eigenvalue weighted by atomic mass is 9.60. The molecule has 32 heavy (non-hydrogen) atoms. The molecule has 4 nitrogen and oxygen atoms in total. The lowest BCUT2D eigenvalue weighted by Gasteiger charge is -2.44. The molecule has 0 aromatic carbocycles. The van der Waals surface area contributed by atoms with Crippen molar-refractivity contribution in [2.75, 3.05) is 6.61 Å². The molecule has 3 fully saturated rings. The van der Waals surface area contributed by atoms with E-state index < -0.39 is 17.8 Å². The van der Waals surface area contributed by atoms with Gasteiger partial charge in [-0.05, 0) is 94.0 Å². The molecule has 3 aliphatic rings. The summed E-state index contributed by atoms with van der Waals surface area (Å²) in [6.07, 6.45) is 15.1. The fourth-order valence-electron chi connectivity index (χ4n) is 7.05. The Hall–Kier alpha value is -0.940. The first-order chi connectivity index (χ1) is 15.0. The van der Waals surface area contributed by atoms with Crippen LogP contribution in [0.4, 0.5) is 0 Å². The molecule has 0 aromatic heterocycles. The maximum Gasteiger partial charge on any atom is 0.0813 e. The Labute approximate surface area is 195 Å². The Bertz CT molecular complexity index is 712. The van der Waals surface area contributed by atoms with Gasteiger partial charge in [0.25, 0.3) is 0 Å². The molecule has 3 aliphatic carbocycles. The molecule has 1 unspecified atom stereocenters. The van der Waals surface area contributed by atoms with Gasteiger partial charge in [-0.3, -0.25) is 0 Å². The molecule has 3 rings (SSSR count). The number of allylic oxidation sites excluding steroid dienone is 3. The molecule has 0 radical (unpaired) electrons. The topological polar surface area (TPSA) is 80.9 Å². The number of fused-ring (bicyclic) bond motifs is 1. The van der Waals surface area contributed by atoms with Crippen molar-refractivity contribution in [1.82, 2.24) is 0 Å². The van der Waals surface area contributed by atoms with Gasteiger partial charge in [-0.15, -0.1) is 0 Å². The van der Waals surface area contributed by atoms with Crippen LogP contribution in [-0.4, -0.2) is 44.8 Å². The van der Waals surface area contributed by atoms with Crippen molar-refractivity contribution in [3.63, 3.8) is 0 Å². The van der Waals surface area contributed by atoms with Crippen LogP contribution in [0.15, 0.2) is 34.9 Å². The second-order valence-corrected chi connectivity index (χ2v) is 11.7. The van der Waals surface area contributed by atoms with Crippen LogP contribution in [0.3, 0.4) is 0 Å². The largest absolute Gasteiger partial charge is 0.392 e. The molecule has 4 heteroatoms. The zero-order valence-electron chi connectivity index (χ0n) is 20.7. The summed E-state index contributed by atoms with van der Waals surface area (Å²) >= 11 is 0. The van der Waals surface area contributed by atoms with Gasteiger partial charge in [0.15, 0.2) is 0 Å². The van der Waals surface area contributed by atoms with Crippen LogP contribution in [0.5, 0.6) is 0 Å². The van der Waals surface area contributed by atoms with Gasteiger partial charge in [0.05, 0.1) is 24.4 Å². The third-order valence-electron chi connectivity index (χ3n) is 8.71. The normalized spacial score (nSPS) is 35.7. The Kier molecular flexibility index (Phi) is 8.46. The Morgan fingerprint density at radius 2 is 1.81 bits per heavy atom. The molecule has 182 valence electrons. The molecule has 0 saturated heterocycles. The molecule has 3 saturated carbocycles. The molecule has 6 atom stereocenters. The number of hydrogen-bond acceptors (Lipinski definition) is 4. The van der Waals surface area contributed by atoms with E-state index >= 15 is 0 Å². The van der Waals surface area contributed by atoms with E-state index in [1.165, 1.54) is 32.1 Å². The van der Waals surface area contributed by atoms with Crippen molar-refractivity contribution in [3.05, 3.63) is 34.9 Å². The van der Waals surface area contributed by atoms with Crippen LogP contribution >= 0.6 is 0 Å². The molecule has 0 aromatic rings. The number of aliphatic hydroxyl groups is 4. The Balaban J connectivity index is 1.67. The smallest absolute Gasteiger partial charge is 0.0813 e. The van der Waals surface area contributed by atoms with Gasteiger partial charge in [-0.2, -0.15) is 0 Å². The summed E-state index contributed by atoms with van der Waals surface area (Å²) in [6, 6.07) is 0. The van der Waals surface area contributed by atoms with E-state index in [-0.39, 0.29) is 6.61 Å². The van der Waals surface area contributed by atoms with E-state index in [1.807, 2.05) is 13.8 Å². The quantitative estimate of drug-likeness (QED) is 0.412. The van der Waals surface area contributed by atoms with Crippen molar-refractivity contribution >= 4 is 0 Å². The van der Waals surface area contributed by atoms with Crippen LogP contribution in [-0.2, 0) is 0 Å². The SMILES string of the molecule is C[C@@H](CCCC(C)(C)O)[C@H]1CCC2/C(=C/C=C3C[C@@H](O)C(=CCO)[C@H](O)C3)CCC[C@@]21C. The highest BCUT2D eigenvalue weighted by Crippen LogP contribution is 2.60. The maximum atomic E-state index is 10.4. The lowest BCUT2D eigenvalue weighted by molar-refractivity contribution is 0.0596. The van der Waals surface area contributed by atoms with E-state index in [0.29, 0.717) is 35.7 Å². The summed E-state index contributed by atoms with van der Waals surface area (Å²) < 4.78 is 0. The van der Waals surface area contributed by atoms with Crippen LogP contribution in [0.25, 0.3) is 0 Å². The average molecular weight is 447 g/mol. The summed E-state index contributed by atoms with van der Waals surface area (Å²) in [7, 11) is 0. The van der Waals surface area contributed by atoms with Gasteiger partial charge in [0, 0.05) is 0 Å². The molecule has 0 amide bonds. The number of hydrogen-bond donors (Lipinski definition) is 4. The van der Waals surface area contributed by atoms with Crippen LogP contribution < -0.4 is 0 Å². The zero-order valence-corrected chi connectivity index (χ0v) is 20.7. The zero-order chi connectivity index (χ0) is 23.5. The standard InChI is InChI=1S/C28H46O4/c1-19(7-5-14-27(2,3)32)23-11-12-24-21(8-6-15-28(23,24)4)10-9-20-17-25(30)22(13-16-29)26(31)18-20/h9-10,13,19,23-26,29-32H,5-8,11-12,14-18H2,1-4H3/b20-9?,21-10+,22-13?/t19-,23+,24?,25+,26+,28+/m0/s1. The predicted octanol–water partition coefficient (Wildman–Crippen LogP) is 5.07. The molecule has 0 aliphatic heterocycles. The van der Waals surface area contributed by atoms with Crippen molar-refractivity contribution in [2.24, 2.45) is 23.2 Å². The van der Waals surface area contributed by atoms with Gasteiger partial charge in [-0.1, -0.05) is 56.1 Å². The van der Waals surface area contributed by atoms with Gasteiger partial charge in [0.2, 0.25) is 0 Å². The minimum Gasteiger partial charge on any atom is -0.392 e. The maximum absolute atomic E-state index is 10.4. The molecule has 0 spiro atoms. The summed E-state index contributed by atoms with van der Waals surface area (Å²) in [5, 5.41) is 39.9. The lowest BCUT2D eigenvalue weighted by Crippen LogP contribution is -2.36. The Morgan fingerprint density at radius 1 is 1.12 bits per heavy atom. The summed E-state index contributed by atoms with van der Waals surface area (Å²) in [6.45, 7) is 8.60. The predicted molar refractivity (Wildman–Crippen MR) is 130 cm³/mol. The summed E-state index contributed by atoms with van der Waals surface area (Å²) in [5.74, 6) is 2.07. The van der Waals surface area contributed by atoms with E-state index in [4.69, 9.17) is 5.11 Å². The van der Waals surface area contributed by atoms with Gasteiger partial charge in [-0.25, -0.2) is 0 Å². The van der Waals surface area contributed by atoms with Crippen molar-refractivity contribution in [3.8, 4) is 0 Å². The highest BCUT2D eigenvalue weighted by molar-refractivity contribution is 5.30. The molecular formula is C28H46O4. The number of aliphatic hydroxyl groups excluding tert-OH is 3. The minimum atomic E-state index is -0.701. The van der Waals surface area contributed by atoms with Gasteiger partial charge < -0.3 is 20.4 Å². The molecular weight excluding hydrogens is 400 g/mol. The van der Waals surface area contributed by atoms with Crippen molar-refractivity contribution in [2.45, 2.75) is 110 Å². The van der Waals surface area contributed by atoms with Crippen LogP contribution in [0, 0.1) is 23.2 Å². The highest BCUT2D eigenvalue weighted by Gasteiger charge is 2.50. The fourth-order valence-corrected chi connectivity index (χ4v) is 7.05. The first-order valence-electron chi connectivity index (χ1n) is 12.8. The van der Waals surface area contributed by atoms with E-state index in [1.54, 1.807) is 11.6 Å². The second-order valence-electron chi connectivity index (χ2n) is 11.7. The average Bonchev–Trinajstić information content (AvgIpc) is 3.05. The molecule has 0 heterocycles. The van der Waals surface area contributed by atoms with E-state index in [9.17, 15) is 15.3 Å². The fraction of sp³-hybridized carbons (Fsp3) is 0.786. The van der Waals surface area contributed by atoms with Gasteiger partial charge >= 0.3 is 0 Å². The summed E-state index contributed by atoms with van der Waals surface area (Å²) in [4.78, 5) is 0. The first-order valence-corrected chi connectivity index (χ1v) is 12.8. The van der Waals surface area contributed by atoms with Crippen molar-refractivity contribution < 1.29 is 20.4 Å². The Morgan fingerprint density at radius 3 is 2.44 bits per heavy atom. The third kappa shape index (κ3) is 5.94. The van der Waals surface area contributed by atoms with Crippen LogP contribution in [0.1, 0.15) is 91.9 Å². The molecule has 0 bridgehead atoms. The van der Waals surface area contributed by atoms with Gasteiger partial charge in [0.1, 0.15) is 0 Å².